The quantitative estimate of drug-likeness (QED) is 0.674. The van der Waals surface area contributed by atoms with E-state index < -0.39 is 17.4 Å². The van der Waals surface area contributed by atoms with Crippen LogP contribution in [0.1, 0.15) is 64.0 Å². The topological polar surface area (TPSA) is 103 Å². The Morgan fingerprint density at radius 1 is 1.31 bits per heavy atom. The smallest absolute Gasteiger partial charge is 0.324 e. The first-order valence-corrected chi connectivity index (χ1v) is 10.6. The highest BCUT2D eigenvalue weighted by Gasteiger charge is 2.57. The molecule has 7 heteroatoms. The van der Waals surface area contributed by atoms with Gasteiger partial charge in [0.05, 0.1) is 12.0 Å². The van der Waals surface area contributed by atoms with Crippen molar-refractivity contribution in [3.63, 3.8) is 0 Å². The van der Waals surface area contributed by atoms with E-state index in [2.05, 4.69) is 10.3 Å². The van der Waals surface area contributed by atoms with Crippen molar-refractivity contribution in [2.45, 2.75) is 76.1 Å². The summed E-state index contributed by atoms with van der Waals surface area (Å²) in [6.45, 7) is 4.02. The number of carbonyl (C=O) groups is 2. The number of hydrogen-bond donors (Lipinski definition) is 3. The number of hydrogen-bond acceptors (Lipinski definition) is 5. The highest BCUT2D eigenvalue weighted by molar-refractivity contribution is 5.85. The van der Waals surface area contributed by atoms with Crippen molar-refractivity contribution in [2.75, 3.05) is 7.05 Å². The van der Waals surface area contributed by atoms with Crippen LogP contribution in [0.2, 0.25) is 0 Å². The van der Waals surface area contributed by atoms with E-state index in [4.69, 9.17) is 0 Å². The fourth-order valence-corrected chi connectivity index (χ4v) is 5.16. The van der Waals surface area contributed by atoms with E-state index in [0.717, 1.165) is 18.4 Å². The van der Waals surface area contributed by atoms with E-state index in [1.54, 1.807) is 12.4 Å². The zero-order chi connectivity index (χ0) is 21.2. The van der Waals surface area contributed by atoms with Crippen LogP contribution in [0.15, 0.2) is 24.5 Å². The Kier molecular flexibility index (Phi) is 6.58. The van der Waals surface area contributed by atoms with E-state index >= 15 is 0 Å². The summed E-state index contributed by atoms with van der Waals surface area (Å²) in [5.74, 6) is -1.26. The van der Waals surface area contributed by atoms with E-state index in [1.165, 1.54) is 0 Å². The molecule has 160 valence electrons. The van der Waals surface area contributed by atoms with E-state index in [9.17, 15) is 19.8 Å². The van der Waals surface area contributed by atoms with Crippen molar-refractivity contribution in [3.8, 4) is 0 Å². The fourth-order valence-electron chi connectivity index (χ4n) is 5.16. The van der Waals surface area contributed by atoms with Crippen molar-refractivity contribution in [3.05, 3.63) is 30.1 Å². The summed E-state index contributed by atoms with van der Waals surface area (Å²) in [6.07, 6.45) is 6.76. The molecule has 2 fully saturated rings. The standard InChI is InChI=1S/C22H33N3O4/c1-14(2)11-22(21(28)29)12-18(19(25(22)3)15-5-4-10-23-13-15)20(27)24-16-6-8-17(26)9-7-16/h4-5,10,13-14,16-19,26H,6-9,11-12H2,1-3H3,(H,24,27)(H,28,29)/t16?,17?,18-,19-,22-/m0/s1. The monoisotopic (exact) mass is 403 g/mol. The van der Waals surface area contributed by atoms with Gasteiger partial charge in [-0.15, -0.1) is 0 Å². The molecule has 3 rings (SSSR count). The van der Waals surface area contributed by atoms with E-state index in [1.807, 2.05) is 37.9 Å². The van der Waals surface area contributed by atoms with Gasteiger partial charge in [0.25, 0.3) is 0 Å². The maximum Gasteiger partial charge on any atom is 0.324 e. The lowest BCUT2D eigenvalue weighted by molar-refractivity contribution is -0.151. The molecule has 0 radical (unpaired) electrons. The van der Waals surface area contributed by atoms with Crippen LogP contribution in [0.25, 0.3) is 0 Å². The summed E-state index contributed by atoms with van der Waals surface area (Å²) < 4.78 is 0. The molecule has 3 N–H and O–H groups in total. The van der Waals surface area contributed by atoms with Gasteiger partial charge in [-0.2, -0.15) is 0 Å². The zero-order valence-electron chi connectivity index (χ0n) is 17.5. The summed E-state index contributed by atoms with van der Waals surface area (Å²) in [7, 11) is 1.82. The Labute approximate surface area is 172 Å². The van der Waals surface area contributed by atoms with Crippen LogP contribution in [0.5, 0.6) is 0 Å². The van der Waals surface area contributed by atoms with Crippen LogP contribution in [0.4, 0.5) is 0 Å². The minimum Gasteiger partial charge on any atom is -0.480 e. The Hall–Kier alpha value is -1.99. The molecule has 0 unspecified atom stereocenters. The van der Waals surface area contributed by atoms with Crippen LogP contribution in [0, 0.1) is 11.8 Å². The fraction of sp³-hybridized carbons (Fsp3) is 0.682. The van der Waals surface area contributed by atoms with E-state index in [0.29, 0.717) is 19.3 Å². The molecule has 2 heterocycles. The second-order valence-corrected chi connectivity index (χ2v) is 9.10. The highest BCUT2D eigenvalue weighted by Crippen LogP contribution is 2.48. The predicted molar refractivity (Wildman–Crippen MR) is 109 cm³/mol. The minimum absolute atomic E-state index is 0.0377. The Balaban J connectivity index is 1.89. The number of carboxylic acids is 1. The molecule has 7 nitrogen and oxygen atoms in total. The Morgan fingerprint density at radius 3 is 2.55 bits per heavy atom. The molecule has 2 aliphatic rings. The summed E-state index contributed by atoms with van der Waals surface area (Å²) in [5.41, 5.74) is -0.222. The van der Waals surface area contributed by atoms with Crippen molar-refractivity contribution in [2.24, 2.45) is 11.8 Å². The summed E-state index contributed by atoms with van der Waals surface area (Å²) in [6, 6.07) is 3.44. The number of rotatable bonds is 6. The summed E-state index contributed by atoms with van der Waals surface area (Å²) >= 11 is 0. The molecule has 1 amide bonds. The van der Waals surface area contributed by atoms with Gasteiger partial charge in [-0.05, 0) is 63.1 Å². The van der Waals surface area contributed by atoms with Crippen LogP contribution in [0.3, 0.4) is 0 Å². The van der Waals surface area contributed by atoms with Gasteiger partial charge < -0.3 is 15.5 Å². The van der Waals surface area contributed by atoms with Crippen LogP contribution in [-0.4, -0.2) is 56.7 Å². The first kappa shape index (κ1) is 21.7. The molecular weight excluding hydrogens is 370 g/mol. The van der Waals surface area contributed by atoms with Gasteiger partial charge in [-0.3, -0.25) is 19.5 Å². The van der Waals surface area contributed by atoms with Gasteiger partial charge in [-0.1, -0.05) is 19.9 Å². The van der Waals surface area contributed by atoms with Crippen LogP contribution < -0.4 is 5.32 Å². The number of pyridine rings is 1. The molecule has 3 atom stereocenters. The number of amides is 1. The Bertz CT molecular complexity index is 718. The second-order valence-electron chi connectivity index (χ2n) is 9.10. The van der Waals surface area contributed by atoms with Crippen molar-refractivity contribution < 1.29 is 19.8 Å². The third kappa shape index (κ3) is 4.46. The summed E-state index contributed by atoms with van der Waals surface area (Å²) in [4.78, 5) is 31.8. The molecule has 1 aliphatic carbocycles. The third-order valence-electron chi connectivity index (χ3n) is 6.58. The number of aromatic nitrogens is 1. The summed E-state index contributed by atoms with van der Waals surface area (Å²) in [5, 5.41) is 23.0. The molecule has 0 spiro atoms. The molecular formula is C22H33N3O4. The average Bonchev–Trinajstić information content (AvgIpc) is 2.97. The lowest BCUT2D eigenvalue weighted by Crippen LogP contribution is -2.50. The van der Waals surface area contributed by atoms with Gasteiger partial charge in [0.2, 0.25) is 5.91 Å². The molecule has 1 saturated carbocycles. The van der Waals surface area contributed by atoms with Crippen molar-refractivity contribution in [1.82, 2.24) is 15.2 Å². The van der Waals surface area contributed by atoms with Crippen LogP contribution in [-0.2, 0) is 9.59 Å². The lowest BCUT2D eigenvalue weighted by Gasteiger charge is -2.36. The van der Waals surface area contributed by atoms with Gasteiger partial charge in [0, 0.05) is 24.5 Å². The molecule has 0 bridgehead atoms. The van der Waals surface area contributed by atoms with Crippen LogP contribution >= 0.6 is 0 Å². The largest absolute Gasteiger partial charge is 0.480 e. The average molecular weight is 404 g/mol. The SMILES string of the molecule is CC(C)C[C@@]1(C(=O)O)C[C@H](C(=O)NC2CCC(O)CC2)[C@H](c2cccnc2)N1C. The molecule has 29 heavy (non-hydrogen) atoms. The van der Waals surface area contributed by atoms with Crippen molar-refractivity contribution >= 4 is 11.9 Å². The third-order valence-corrected chi connectivity index (χ3v) is 6.58. The zero-order valence-corrected chi connectivity index (χ0v) is 17.5. The van der Waals surface area contributed by atoms with E-state index in [-0.39, 0.29) is 36.4 Å². The minimum atomic E-state index is -1.08. The lowest BCUT2D eigenvalue weighted by atomic mass is 9.83. The number of aliphatic hydroxyl groups excluding tert-OH is 1. The normalized spacial score (nSPS) is 33.0. The molecule has 1 saturated heterocycles. The van der Waals surface area contributed by atoms with Gasteiger partial charge in [-0.25, -0.2) is 0 Å². The number of nitrogens with one attached hydrogen (secondary N) is 1. The first-order valence-electron chi connectivity index (χ1n) is 10.6. The first-order chi connectivity index (χ1) is 13.7. The number of nitrogens with zero attached hydrogens (tertiary/aromatic N) is 2. The maximum absolute atomic E-state index is 13.3. The number of likely N-dealkylation sites (N-methyl/N-ethyl adjacent to an activating group) is 1. The predicted octanol–water partition coefficient (Wildman–Crippen LogP) is 2.36. The van der Waals surface area contributed by atoms with Gasteiger partial charge in [0.1, 0.15) is 5.54 Å². The number of aliphatic hydroxyl groups is 1. The number of carbonyl (C=O) groups excluding carboxylic acids is 1. The molecule has 1 aliphatic heterocycles. The maximum atomic E-state index is 13.3. The number of aliphatic carboxylic acids is 1. The Morgan fingerprint density at radius 2 is 2.00 bits per heavy atom. The van der Waals surface area contributed by atoms with Gasteiger partial charge in [0.15, 0.2) is 0 Å². The van der Waals surface area contributed by atoms with Crippen molar-refractivity contribution in [1.29, 1.82) is 0 Å². The molecule has 0 aromatic carbocycles. The van der Waals surface area contributed by atoms with Gasteiger partial charge >= 0.3 is 5.97 Å². The number of likely N-dealkylation sites (tertiary alicyclic amines) is 1. The second kappa shape index (κ2) is 8.79. The highest BCUT2D eigenvalue weighted by atomic mass is 16.4. The molecule has 1 aromatic rings. The number of carboxylic acid groups (broad SMARTS) is 1. The molecule has 1 aromatic heterocycles.